The zero-order valence-corrected chi connectivity index (χ0v) is 12.0. The van der Waals surface area contributed by atoms with Crippen LogP contribution in [0.3, 0.4) is 0 Å². The summed E-state index contributed by atoms with van der Waals surface area (Å²) in [6, 6.07) is 20.1. The Balaban J connectivity index is 1.86. The maximum atomic E-state index is 12.1. The van der Waals surface area contributed by atoms with Crippen molar-refractivity contribution in [1.29, 1.82) is 0 Å². The Labute approximate surface area is 117 Å². The maximum absolute atomic E-state index is 12.1. The first-order valence-corrected chi connectivity index (χ1v) is 7.80. The predicted octanol–water partition coefficient (Wildman–Crippen LogP) is 3.79. The molecule has 0 saturated heterocycles. The van der Waals surface area contributed by atoms with Gasteiger partial charge in [0, 0.05) is 0 Å². The Hall–Kier alpha value is -1.89. The van der Waals surface area contributed by atoms with Crippen LogP contribution in [-0.2, 0) is 0 Å². The van der Waals surface area contributed by atoms with Crippen LogP contribution in [0.2, 0.25) is 0 Å². The number of carbonyl (C=O) groups is 1. The van der Waals surface area contributed by atoms with Crippen molar-refractivity contribution in [2.45, 2.75) is 0 Å². The van der Waals surface area contributed by atoms with Crippen molar-refractivity contribution in [2.75, 3.05) is 0 Å². The van der Waals surface area contributed by atoms with Gasteiger partial charge in [0.25, 0.3) is 0 Å². The molecule has 3 aromatic rings. The van der Waals surface area contributed by atoms with Gasteiger partial charge in [-0.15, -0.1) is 0 Å². The van der Waals surface area contributed by atoms with E-state index in [9.17, 15) is 4.79 Å². The second-order valence-corrected chi connectivity index (χ2v) is 6.53. The third-order valence-electron chi connectivity index (χ3n) is 2.90. The SMILES string of the molecule is O=C(/C=C/c1ccccc1)c1cc2ccccc2[se]1. The second-order valence-electron chi connectivity index (χ2n) is 4.26. The third-order valence-corrected chi connectivity index (χ3v) is 5.27. The van der Waals surface area contributed by atoms with E-state index in [0.29, 0.717) is 0 Å². The molecule has 0 radical (unpaired) electrons. The standard InChI is InChI=1S/C17H12OSe/c18-15(11-10-13-6-2-1-3-7-13)17-12-14-8-4-5-9-16(14)19-17/h1-12H/b11-10+. The van der Waals surface area contributed by atoms with Gasteiger partial charge in [-0.1, -0.05) is 0 Å². The van der Waals surface area contributed by atoms with E-state index in [2.05, 4.69) is 12.1 Å². The Bertz CT molecular complexity index is 705. The number of allylic oxidation sites excluding steroid dienone is 1. The molecule has 0 aliphatic carbocycles. The second kappa shape index (κ2) is 5.39. The monoisotopic (exact) mass is 312 g/mol. The summed E-state index contributed by atoms with van der Waals surface area (Å²) >= 11 is 0.148. The van der Waals surface area contributed by atoms with Crippen LogP contribution < -0.4 is 0 Å². The van der Waals surface area contributed by atoms with Crippen LogP contribution in [0.15, 0.2) is 66.7 Å². The van der Waals surface area contributed by atoms with E-state index in [1.807, 2.05) is 54.6 Å². The predicted molar refractivity (Wildman–Crippen MR) is 80.7 cm³/mol. The molecule has 0 atom stereocenters. The molecule has 0 N–H and O–H groups in total. The number of carbonyl (C=O) groups excluding carboxylic acids is 1. The first kappa shape index (κ1) is 12.2. The number of rotatable bonds is 3. The molecule has 0 aliphatic rings. The number of hydrogen-bond acceptors (Lipinski definition) is 1. The van der Waals surface area contributed by atoms with Gasteiger partial charge in [0.1, 0.15) is 0 Å². The van der Waals surface area contributed by atoms with E-state index in [1.165, 1.54) is 9.65 Å². The van der Waals surface area contributed by atoms with Crippen molar-refractivity contribution in [3.8, 4) is 0 Å². The van der Waals surface area contributed by atoms with Gasteiger partial charge in [0.2, 0.25) is 0 Å². The summed E-state index contributed by atoms with van der Waals surface area (Å²) in [5, 5.41) is 1.19. The Morgan fingerprint density at radius 1 is 0.947 bits per heavy atom. The molecule has 0 amide bonds. The molecule has 0 spiro atoms. The molecular weight excluding hydrogens is 299 g/mol. The van der Waals surface area contributed by atoms with Gasteiger partial charge in [0.05, 0.1) is 0 Å². The molecule has 0 unspecified atom stereocenters. The van der Waals surface area contributed by atoms with Gasteiger partial charge in [-0.3, -0.25) is 0 Å². The van der Waals surface area contributed by atoms with Crippen molar-refractivity contribution >= 4 is 36.0 Å². The molecular formula is C17H12OSe. The molecule has 92 valence electrons. The minimum absolute atomic E-state index is 0.125. The van der Waals surface area contributed by atoms with Crippen LogP contribution in [0.1, 0.15) is 14.8 Å². The van der Waals surface area contributed by atoms with E-state index in [1.54, 1.807) is 6.08 Å². The molecule has 0 aliphatic heterocycles. The zero-order chi connectivity index (χ0) is 13.1. The third kappa shape index (κ3) is 2.76. The number of benzene rings is 2. The first-order valence-electron chi connectivity index (χ1n) is 6.09. The van der Waals surface area contributed by atoms with Gasteiger partial charge in [-0.2, -0.15) is 0 Å². The van der Waals surface area contributed by atoms with Gasteiger partial charge in [0.15, 0.2) is 0 Å². The molecule has 1 aromatic heterocycles. The van der Waals surface area contributed by atoms with E-state index in [0.717, 1.165) is 10.0 Å². The fourth-order valence-corrected chi connectivity index (χ4v) is 3.98. The van der Waals surface area contributed by atoms with Gasteiger partial charge < -0.3 is 0 Å². The molecule has 2 aromatic carbocycles. The van der Waals surface area contributed by atoms with Crippen LogP contribution in [-0.4, -0.2) is 20.3 Å². The Morgan fingerprint density at radius 2 is 1.68 bits per heavy atom. The van der Waals surface area contributed by atoms with Crippen LogP contribution in [0, 0.1) is 0 Å². The molecule has 0 saturated carbocycles. The number of ketones is 1. The molecule has 3 rings (SSSR count). The van der Waals surface area contributed by atoms with Gasteiger partial charge in [-0.25, -0.2) is 0 Å². The average Bonchev–Trinajstić information content (AvgIpc) is 2.90. The van der Waals surface area contributed by atoms with Crippen LogP contribution in [0.5, 0.6) is 0 Å². The summed E-state index contributed by atoms with van der Waals surface area (Å²) in [6.07, 6.45) is 3.55. The molecule has 1 nitrogen and oxygen atoms in total. The summed E-state index contributed by atoms with van der Waals surface area (Å²) in [4.78, 5) is 12.1. The molecule has 19 heavy (non-hydrogen) atoms. The Kier molecular flexibility index (Phi) is 3.45. The summed E-state index contributed by atoms with van der Waals surface area (Å²) in [5.41, 5.74) is 1.06. The van der Waals surface area contributed by atoms with E-state index in [-0.39, 0.29) is 20.3 Å². The van der Waals surface area contributed by atoms with Crippen molar-refractivity contribution in [1.82, 2.24) is 0 Å². The van der Waals surface area contributed by atoms with Crippen LogP contribution >= 0.6 is 0 Å². The number of fused-ring (bicyclic) bond motifs is 1. The molecule has 2 heteroatoms. The van der Waals surface area contributed by atoms with Crippen molar-refractivity contribution in [3.05, 3.63) is 76.7 Å². The minimum atomic E-state index is 0.125. The fraction of sp³-hybridized carbons (Fsp3) is 0. The van der Waals surface area contributed by atoms with Gasteiger partial charge in [-0.05, 0) is 0 Å². The van der Waals surface area contributed by atoms with Crippen LogP contribution in [0.4, 0.5) is 0 Å². The first-order chi connectivity index (χ1) is 9.33. The fourth-order valence-electron chi connectivity index (χ4n) is 1.92. The zero-order valence-electron chi connectivity index (χ0n) is 10.2. The van der Waals surface area contributed by atoms with E-state index in [4.69, 9.17) is 0 Å². The van der Waals surface area contributed by atoms with Crippen molar-refractivity contribution in [2.24, 2.45) is 0 Å². The van der Waals surface area contributed by atoms with Crippen LogP contribution in [0.25, 0.3) is 15.7 Å². The molecule has 0 bridgehead atoms. The number of hydrogen-bond donors (Lipinski definition) is 0. The molecule has 0 fully saturated rings. The van der Waals surface area contributed by atoms with Crippen molar-refractivity contribution < 1.29 is 4.79 Å². The summed E-state index contributed by atoms with van der Waals surface area (Å²) < 4.78 is 2.23. The summed E-state index contributed by atoms with van der Waals surface area (Å²) in [5.74, 6) is 0.125. The topological polar surface area (TPSA) is 17.1 Å². The van der Waals surface area contributed by atoms with E-state index >= 15 is 0 Å². The average molecular weight is 311 g/mol. The normalized spacial score (nSPS) is 11.2. The Morgan fingerprint density at radius 3 is 2.47 bits per heavy atom. The van der Waals surface area contributed by atoms with Gasteiger partial charge >= 0.3 is 118 Å². The summed E-state index contributed by atoms with van der Waals surface area (Å²) in [7, 11) is 0. The quantitative estimate of drug-likeness (QED) is 0.408. The molecule has 1 heterocycles. The van der Waals surface area contributed by atoms with E-state index < -0.39 is 0 Å². The van der Waals surface area contributed by atoms with Crippen molar-refractivity contribution in [3.63, 3.8) is 0 Å². The summed E-state index contributed by atoms with van der Waals surface area (Å²) in [6.45, 7) is 0.